The lowest BCUT2D eigenvalue weighted by Crippen LogP contribution is -2.27. The third-order valence-corrected chi connectivity index (χ3v) is 4.45. The molecule has 2 N–H and O–H groups in total. The Labute approximate surface area is 175 Å². The first-order chi connectivity index (χ1) is 15.0. The van der Waals surface area contributed by atoms with Crippen LogP contribution in [-0.4, -0.2) is 26.4 Å². The van der Waals surface area contributed by atoms with E-state index in [9.17, 15) is 19.7 Å². The van der Waals surface area contributed by atoms with Gasteiger partial charge in [-0.1, -0.05) is 30.3 Å². The minimum absolute atomic E-state index is 0.133. The van der Waals surface area contributed by atoms with Gasteiger partial charge in [-0.15, -0.1) is 0 Å². The van der Waals surface area contributed by atoms with Crippen molar-refractivity contribution in [2.24, 2.45) is 5.10 Å². The summed E-state index contributed by atoms with van der Waals surface area (Å²) < 4.78 is 0. The lowest BCUT2D eigenvalue weighted by Gasteiger charge is -2.08. The molecule has 0 spiro atoms. The van der Waals surface area contributed by atoms with E-state index in [1.54, 1.807) is 48.5 Å². The summed E-state index contributed by atoms with van der Waals surface area (Å²) in [6, 6.07) is 20.9. The van der Waals surface area contributed by atoms with Crippen LogP contribution in [0, 0.1) is 10.1 Å². The molecule has 0 atom stereocenters. The van der Waals surface area contributed by atoms with Crippen molar-refractivity contribution < 1.29 is 9.72 Å². The molecule has 0 aliphatic carbocycles. The van der Waals surface area contributed by atoms with Crippen LogP contribution in [0.2, 0.25) is 0 Å². The number of nitro groups is 1. The fourth-order valence-electron chi connectivity index (χ4n) is 2.91. The quantitative estimate of drug-likeness (QED) is 0.215. The van der Waals surface area contributed by atoms with E-state index in [0.717, 1.165) is 0 Å². The van der Waals surface area contributed by atoms with Crippen LogP contribution in [0.25, 0.3) is 11.0 Å². The van der Waals surface area contributed by atoms with Crippen molar-refractivity contribution in [1.82, 2.24) is 9.97 Å². The Morgan fingerprint density at radius 2 is 1.65 bits per heavy atom. The Balaban J connectivity index is 1.81. The number of nitro benzene ring substituents is 1. The number of nitrogens with zero attached hydrogens (tertiary/aromatic N) is 3. The summed E-state index contributed by atoms with van der Waals surface area (Å²) in [5, 5.41) is 15.1. The normalized spacial score (nSPS) is 11.3. The molecule has 152 valence electrons. The molecule has 4 aromatic rings. The molecule has 0 unspecified atom stereocenters. The Morgan fingerprint density at radius 1 is 0.968 bits per heavy atom. The number of aromatic amines is 1. The van der Waals surface area contributed by atoms with E-state index in [-0.39, 0.29) is 22.7 Å². The van der Waals surface area contributed by atoms with Gasteiger partial charge in [0.2, 0.25) is 5.78 Å². The van der Waals surface area contributed by atoms with Crippen molar-refractivity contribution >= 4 is 33.9 Å². The van der Waals surface area contributed by atoms with Gasteiger partial charge in [-0.05, 0) is 36.4 Å². The summed E-state index contributed by atoms with van der Waals surface area (Å²) in [7, 11) is 0. The molecule has 1 heterocycles. The second kappa shape index (κ2) is 8.37. The van der Waals surface area contributed by atoms with Gasteiger partial charge in [-0.3, -0.25) is 25.1 Å². The number of fused-ring (bicyclic) bond motifs is 1. The number of benzene rings is 3. The summed E-state index contributed by atoms with van der Waals surface area (Å²) in [6.07, 6.45) is 0. The average Bonchev–Trinajstić information content (AvgIpc) is 2.80. The van der Waals surface area contributed by atoms with Crippen molar-refractivity contribution in [3.63, 3.8) is 0 Å². The lowest BCUT2D eigenvalue weighted by molar-refractivity contribution is -0.384. The minimum Gasteiger partial charge on any atom is -0.319 e. The molecule has 31 heavy (non-hydrogen) atoms. The van der Waals surface area contributed by atoms with E-state index >= 15 is 0 Å². The van der Waals surface area contributed by atoms with Gasteiger partial charge < -0.3 is 4.98 Å². The van der Waals surface area contributed by atoms with Gasteiger partial charge in [0.25, 0.3) is 11.2 Å². The van der Waals surface area contributed by atoms with Gasteiger partial charge in [-0.2, -0.15) is 5.10 Å². The monoisotopic (exact) mass is 413 g/mol. The van der Waals surface area contributed by atoms with Crippen molar-refractivity contribution in [3.05, 3.63) is 111 Å². The van der Waals surface area contributed by atoms with Gasteiger partial charge >= 0.3 is 0 Å². The predicted molar refractivity (Wildman–Crippen MR) is 116 cm³/mol. The number of Topliss-reactive ketones (excluding diaryl/α,β-unsaturated/α-hetero) is 1. The number of para-hydroxylation sites is 3. The van der Waals surface area contributed by atoms with Crippen LogP contribution >= 0.6 is 0 Å². The zero-order valence-corrected chi connectivity index (χ0v) is 16.0. The molecule has 4 rings (SSSR count). The smallest absolute Gasteiger partial charge is 0.276 e. The molecule has 0 aliphatic heterocycles. The van der Waals surface area contributed by atoms with Crippen molar-refractivity contribution in [2.75, 3.05) is 5.43 Å². The van der Waals surface area contributed by atoms with Crippen LogP contribution in [0.3, 0.4) is 0 Å². The van der Waals surface area contributed by atoms with Crippen molar-refractivity contribution in [3.8, 4) is 0 Å². The van der Waals surface area contributed by atoms with Gasteiger partial charge in [-0.25, -0.2) is 4.98 Å². The molecule has 0 fully saturated rings. The molecule has 1 aromatic heterocycles. The number of nitrogens with one attached hydrogen (secondary N) is 2. The molecule has 0 radical (unpaired) electrons. The molecular formula is C22H15N5O4. The van der Waals surface area contributed by atoms with Crippen LogP contribution in [0.1, 0.15) is 16.1 Å². The molecular weight excluding hydrogens is 398 g/mol. The highest BCUT2D eigenvalue weighted by Crippen LogP contribution is 2.15. The summed E-state index contributed by atoms with van der Waals surface area (Å²) in [6.45, 7) is 0. The summed E-state index contributed by atoms with van der Waals surface area (Å²) in [4.78, 5) is 43.3. The number of H-pyrrole nitrogens is 1. The molecule has 0 aliphatic rings. The third-order valence-electron chi connectivity index (χ3n) is 4.45. The topological polar surface area (TPSA) is 130 Å². The highest BCUT2D eigenvalue weighted by Gasteiger charge is 2.22. The fourth-order valence-corrected chi connectivity index (χ4v) is 2.91. The molecule has 0 amide bonds. The third kappa shape index (κ3) is 4.20. The average molecular weight is 413 g/mol. The number of ketones is 1. The maximum Gasteiger partial charge on any atom is 0.276 e. The highest BCUT2D eigenvalue weighted by atomic mass is 16.6. The van der Waals surface area contributed by atoms with Crippen molar-refractivity contribution in [1.29, 1.82) is 0 Å². The predicted octanol–water partition coefficient (Wildman–Crippen LogP) is 3.53. The van der Waals surface area contributed by atoms with Crippen LogP contribution in [0.5, 0.6) is 0 Å². The minimum atomic E-state index is -0.605. The SMILES string of the molecule is O=C(/C(=N/Nc1ccccc1)c1nc2ccccc2[nH]c1=O)c1ccc([N+](=O)[O-])cc1. The number of hydrogen-bond donors (Lipinski definition) is 2. The number of rotatable bonds is 6. The Hall–Kier alpha value is -4.66. The highest BCUT2D eigenvalue weighted by molar-refractivity contribution is 6.51. The second-order valence-electron chi connectivity index (χ2n) is 6.50. The molecule has 9 heteroatoms. The number of carbonyl (C=O) groups is 1. The van der Waals surface area contributed by atoms with E-state index in [1.807, 2.05) is 6.07 Å². The van der Waals surface area contributed by atoms with E-state index in [2.05, 4.69) is 20.5 Å². The van der Waals surface area contributed by atoms with E-state index < -0.39 is 16.3 Å². The standard InChI is InChI=1S/C22H15N5O4/c28-21(14-10-12-16(13-11-14)27(30)31)19(26-25-15-6-2-1-3-7-15)20-22(29)24-18-9-5-4-8-17(18)23-20/h1-13,25H,(H,24,29)/b26-19+. The van der Waals surface area contributed by atoms with Gasteiger partial charge in [0.1, 0.15) is 0 Å². The van der Waals surface area contributed by atoms with E-state index in [1.165, 1.54) is 24.3 Å². The number of non-ortho nitro benzene ring substituents is 1. The molecule has 0 saturated carbocycles. The van der Waals surface area contributed by atoms with Crippen LogP contribution < -0.4 is 11.0 Å². The molecule has 3 aromatic carbocycles. The van der Waals surface area contributed by atoms with Gasteiger partial charge in [0, 0.05) is 17.7 Å². The van der Waals surface area contributed by atoms with E-state index in [0.29, 0.717) is 16.7 Å². The van der Waals surface area contributed by atoms with Crippen molar-refractivity contribution in [2.45, 2.75) is 0 Å². The van der Waals surface area contributed by atoms with E-state index in [4.69, 9.17) is 0 Å². The first kappa shape index (κ1) is 19.6. The Morgan fingerprint density at radius 3 is 2.35 bits per heavy atom. The summed E-state index contributed by atoms with van der Waals surface area (Å²) in [5.41, 5.74) is 3.40. The largest absolute Gasteiger partial charge is 0.319 e. The maximum absolute atomic E-state index is 13.2. The number of anilines is 1. The lowest BCUT2D eigenvalue weighted by atomic mass is 10.0. The molecule has 0 saturated heterocycles. The number of aromatic nitrogens is 2. The summed E-state index contributed by atoms with van der Waals surface area (Å²) >= 11 is 0. The van der Waals surface area contributed by atoms with Gasteiger partial charge in [0.15, 0.2) is 11.4 Å². The van der Waals surface area contributed by atoms with Gasteiger partial charge in [0.05, 0.1) is 21.6 Å². The molecule has 9 nitrogen and oxygen atoms in total. The first-order valence-electron chi connectivity index (χ1n) is 9.20. The summed E-state index contributed by atoms with van der Waals surface area (Å²) in [5.74, 6) is -0.605. The zero-order chi connectivity index (χ0) is 21.8. The van der Waals surface area contributed by atoms with Crippen LogP contribution in [0.15, 0.2) is 88.8 Å². The number of hydrogen-bond acceptors (Lipinski definition) is 7. The zero-order valence-electron chi connectivity index (χ0n) is 16.0. The molecule has 0 bridgehead atoms. The maximum atomic E-state index is 13.2. The van der Waals surface area contributed by atoms with Crippen LogP contribution in [0.4, 0.5) is 11.4 Å². The number of hydrazone groups is 1. The first-order valence-corrected chi connectivity index (χ1v) is 9.20. The Bertz CT molecular complexity index is 1360. The van der Waals surface area contributed by atoms with Crippen LogP contribution in [-0.2, 0) is 0 Å². The number of carbonyl (C=O) groups excluding carboxylic acids is 1. The second-order valence-corrected chi connectivity index (χ2v) is 6.50. The Kier molecular flexibility index (Phi) is 5.31. The fraction of sp³-hybridized carbons (Fsp3) is 0.